The molecular formula is C13H14O2PS+. The van der Waals surface area contributed by atoms with Crippen molar-refractivity contribution in [3.05, 3.63) is 52.2 Å². The molecule has 0 spiro atoms. The van der Waals surface area contributed by atoms with Gasteiger partial charge in [0.2, 0.25) is 5.30 Å². The van der Waals surface area contributed by atoms with E-state index in [1.807, 2.05) is 55.6 Å². The average molecular weight is 265 g/mol. The Balaban J connectivity index is 2.04. The third-order valence-corrected chi connectivity index (χ3v) is 4.70. The van der Waals surface area contributed by atoms with Crippen LogP contribution in [0.15, 0.2) is 41.8 Å². The van der Waals surface area contributed by atoms with Crippen LogP contribution < -0.4 is 5.30 Å². The van der Waals surface area contributed by atoms with E-state index in [0.717, 1.165) is 15.7 Å². The molecule has 0 fully saturated rings. The van der Waals surface area contributed by atoms with E-state index in [2.05, 4.69) is 0 Å². The first-order valence-electron chi connectivity index (χ1n) is 5.41. The van der Waals surface area contributed by atoms with Crippen LogP contribution in [0.5, 0.6) is 0 Å². The Morgan fingerprint density at radius 2 is 1.94 bits per heavy atom. The summed E-state index contributed by atoms with van der Waals surface area (Å²) in [5, 5.41) is 2.74. The minimum atomic E-state index is -1.78. The number of hydrogen-bond acceptors (Lipinski definition) is 3. The van der Waals surface area contributed by atoms with Gasteiger partial charge in [-0.05, 0) is 42.0 Å². The highest BCUT2D eigenvalue weighted by Crippen LogP contribution is 2.33. The van der Waals surface area contributed by atoms with Crippen molar-refractivity contribution in [1.29, 1.82) is 0 Å². The molecule has 0 aliphatic rings. The first-order chi connectivity index (χ1) is 8.16. The fourth-order valence-corrected chi connectivity index (χ4v) is 3.14. The van der Waals surface area contributed by atoms with Crippen molar-refractivity contribution in [1.82, 2.24) is 0 Å². The summed E-state index contributed by atoms with van der Waals surface area (Å²) < 4.78 is 17.5. The molecule has 2 rings (SSSR count). The van der Waals surface area contributed by atoms with Gasteiger partial charge in [0.05, 0.1) is 0 Å². The average Bonchev–Trinajstić information content (AvgIpc) is 2.83. The van der Waals surface area contributed by atoms with Crippen LogP contribution in [0, 0.1) is 6.92 Å². The normalized spacial score (nSPS) is 13.4. The second-order valence-corrected chi connectivity index (χ2v) is 6.08. The predicted octanol–water partition coefficient (Wildman–Crippen LogP) is 4.20. The number of rotatable bonds is 4. The van der Waals surface area contributed by atoms with Crippen LogP contribution in [-0.4, -0.2) is 0 Å². The maximum absolute atomic E-state index is 12.0. The molecule has 1 heterocycles. The van der Waals surface area contributed by atoms with Crippen LogP contribution in [0.4, 0.5) is 0 Å². The van der Waals surface area contributed by atoms with Crippen LogP contribution in [0.1, 0.15) is 23.5 Å². The highest BCUT2D eigenvalue weighted by atomic mass is 32.1. The van der Waals surface area contributed by atoms with Crippen molar-refractivity contribution in [2.75, 3.05) is 0 Å². The predicted molar refractivity (Wildman–Crippen MR) is 72.2 cm³/mol. The van der Waals surface area contributed by atoms with Crippen molar-refractivity contribution in [3.63, 3.8) is 0 Å². The SMILES string of the molecule is Cc1ccc([P+](=O)OC(C)c2cccs2)cc1. The summed E-state index contributed by atoms with van der Waals surface area (Å²) in [6, 6.07) is 11.6. The second kappa shape index (κ2) is 5.54. The van der Waals surface area contributed by atoms with Crippen molar-refractivity contribution in [2.24, 2.45) is 0 Å². The van der Waals surface area contributed by atoms with Crippen molar-refractivity contribution < 1.29 is 9.09 Å². The summed E-state index contributed by atoms with van der Waals surface area (Å²) in [6.45, 7) is 3.93. The third-order valence-electron chi connectivity index (χ3n) is 2.44. The fraction of sp³-hybridized carbons (Fsp3) is 0.231. The molecule has 0 aliphatic carbocycles. The van der Waals surface area contributed by atoms with Gasteiger partial charge >= 0.3 is 8.03 Å². The Kier molecular flexibility index (Phi) is 4.06. The molecule has 1 aromatic heterocycles. The topological polar surface area (TPSA) is 26.3 Å². The van der Waals surface area contributed by atoms with Crippen LogP contribution in [-0.2, 0) is 9.09 Å². The highest BCUT2D eigenvalue weighted by molar-refractivity contribution is 7.48. The first kappa shape index (κ1) is 12.4. The molecule has 88 valence electrons. The first-order valence-corrected chi connectivity index (χ1v) is 7.46. The lowest BCUT2D eigenvalue weighted by atomic mass is 10.2. The van der Waals surface area contributed by atoms with Gasteiger partial charge in [0.1, 0.15) is 6.10 Å². The van der Waals surface area contributed by atoms with E-state index in [9.17, 15) is 4.57 Å². The highest BCUT2D eigenvalue weighted by Gasteiger charge is 2.26. The van der Waals surface area contributed by atoms with Gasteiger partial charge in [-0.15, -0.1) is 15.9 Å². The van der Waals surface area contributed by atoms with E-state index < -0.39 is 8.03 Å². The second-order valence-electron chi connectivity index (χ2n) is 3.86. The van der Waals surface area contributed by atoms with E-state index in [-0.39, 0.29) is 6.10 Å². The molecule has 2 nitrogen and oxygen atoms in total. The monoisotopic (exact) mass is 265 g/mol. The minimum Gasteiger partial charge on any atom is -0.146 e. The lowest BCUT2D eigenvalue weighted by molar-refractivity contribution is 0.249. The van der Waals surface area contributed by atoms with Crippen LogP contribution in [0.2, 0.25) is 0 Å². The van der Waals surface area contributed by atoms with E-state index in [1.165, 1.54) is 0 Å². The molecule has 1 aromatic carbocycles. The van der Waals surface area contributed by atoms with Crippen molar-refractivity contribution in [3.8, 4) is 0 Å². The molecule has 0 saturated carbocycles. The molecule has 0 radical (unpaired) electrons. The summed E-state index contributed by atoms with van der Waals surface area (Å²) in [7, 11) is -1.78. The van der Waals surface area contributed by atoms with Crippen LogP contribution >= 0.6 is 19.4 Å². The molecule has 2 atom stereocenters. The van der Waals surface area contributed by atoms with E-state index >= 15 is 0 Å². The van der Waals surface area contributed by atoms with Crippen LogP contribution in [0.3, 0.4) is 0 Å². The third kappa shape index (κ3) is 3.22. The van der Waals surface area contributed by atoms with Crippen LogP contribution in [0.25, 0.3) is 0 Å². The zero-order valence-electron chi connectivity index (χ0n) is 9.79. The van der Waals surface area contributed by atoms with Gasteiger partial charge in [-0.25, -0.2) is 0 Å². The Morgan fingerprint density at radius 3 is 2.53 bits per heavy atom. The number of benzene rings is 1. The zero-order chi connectivity index (χ0) is 12.3. The van der Waals surface area contributed by atoms with Crippen molar-refractivity contribution >= 4 is 24.7 Å². The Bertz CT molecular complexity index is 491. The fourth-order valence-electron chi connectivity index (χ4n) is 1.45. The Hall–Kier alpha value is -1.02. The Morgan fingerprint density at radius 1 is 1.24 bits per heavy atom. The summed E-state index contributed by atoms with van der Waals surface area (Å²) in [5.41, 5.74) is 1.16. The number of aryl methyl sites for hydroxylation is 1. The molecule has 0 aliphatic heterocycles. The number of hydrogen-bond donors (Lipinski definition) is 0. The van der Waals surface area contributed by atoms with Gasteiger partial charge in [0.15, 0.2) is 0 Å². The maximum Gasteiger partial charge on any atom is 0.549 e. The molecule has 2 aromatic rings. The quantitative estimate of drug-likeness (QED) is 0.774. The summed E-state index contributed by atoms with van der Waals surface area (Å²) in [4.78, 5) is 1.10. The standard InChI is InChI=1S/C13H14O2PS/c1-10-5-7-12(8-6-10)16(14)15-11(2)13-4-3-9-17-13/h3-9,11H,1-2H3/q+1. The number of thiophene rings is 1. The van der Waals surface area contributed by atoms with Gasteiger partial charge in [-0.1, -0.05) is 23.8 Å². The van der Waals surface area contributed by atoms with Gasteiger partial charge < -0.3 is 0 Å². The smallest absolute Gasteiger partial charge is 0.146 e. The minimum absolute atomic E-state index is 0.125. The molecule has 4 heteroatoms. The zero-order valence-corrected chi connectivity index (χ0v) is 11.5. The lowest BCUT2D eigenvalue weighted by Crippen LogP contribution is -2.00. The summed E-state index contributed by atoms with van der Waals surface area (Å²) in [6.07, 6.45) is -0.125. The molecular weight excluding hydrogens is 251 g/mol. The van der Waals surface area contributed by atoms with Gasteiger partial charge in [-0.2, -0.15) is 0 Å². The molecule has 0 amide bonds. The van der Waals surface area contributed by atoms with Gasteiger partial charge in [0.25, 0.3) is 0 Å². The van der Waals surface area contributed by atoms with Gasteiger partial charge in [0, 0.05) is 4.88 Å². The summed E-state index contributed by atoms with van der Waals surface area (Å²) >= 11 is 1.62. The molecule has 2 unspecified atom stereocenters. The van der Waals surface area contributed by atoms with E-state index in [1.54, 1.807) is 11.3 Å². The van der Waals surface area contributed by atoms with E-state index in [0.29, 0.717) is 0 Å². The van der Waals surface area contributed by atoms with Gasteiger partial charge in [-0.3, -0.25) is 0 Å². The largest absolute Gasteiger partial charge is 0.549 e. The van der Waals surface area contributed by atoms with Crippen molar-refractivity contribution in [2.45, 2.75) is 20.0 Å². The summed E-state index contributed by atoms with van der Waals surface area (Å²) in [5.74, 6) is 0. The molecule has 17 heavy (non-hydrogen) atoms. The Labute approximate surface area is 106 Å². The molecule has 0 saturated heterocycles. The maximum atomic E-state index is 12.0. The lowest BCUT2D eigenvalue weighted by Gasteiger charge is -2.00. The van der Waals surface area contributed by atoms with E-state index in [4.69, 9.17) is 4.52 Å². The molecule has 0 N–H and O–H groups in total. The molecule has 0 bridgehead atoms.